The van der Waals surface area contributed by atoms with Gasteiger partial charge in [-0.25, -0.2) is 4.39 Å². The molecule has 0 fully saturated rings. The monoisotopic (exact) mass is 179 g/mol. The summed E-state index contributed by atoms with van der Waals surface area (Å²) in [5, 5.41) is 0. The number of halogens is 1. The molecule has 1 unspecified atom stereocenters. The van der Waals surface area contributed by atoms with E-state index in [0.29, 0.717) is 6.54 Å². The summed E-state index contributed by atoms with van der Waals surface area (Å²) in [6.45, 7) is 0.563. The first-order chi connectivity index (χ1) is 6.33. The molecule has 0 saturated heterocycles. The summed E-state index contributed by atoms with van der Waals surface area (Å²) in [5.41, 5.74) is 7.65. The van der Waals surface area contributed by atoms with Crippen molar-refractivity contribution in [2.24, 2.45) is 5.73 Å². The van der Waals surface area contributed by atoms with Crippen LogP contribution in [0.4, 0.5) is 4.39 Å². The van der Waals surface area contributed by atoms with E-state index < -0.39 is 0 Å². The third-order valence-electron chi connectivity index (χ3n) is 2.83. The van der Waals surface area contributed by atoms with Crippen LogP contribution >= 0.6 is 0 Å². The fraction of sp³-hybridized carbons (Fsp3) is 0.455. The Hall–Kier alpha value is -0.890. The maximum atomic E-state index is 13.5. The van der Waals surface area contributed by atoms with Crippen LogP contribution < -0.4 is 5.73 Å². The molecule has 1 aromatic carbocycles. The van der Waals surface area contributed by atoms with Crippen LogP contribution in [0.1, 0.15) is 29.9 Å². The van der Waals surface area contributed by atoms with Gasteiger partial charge in [-0.3, -0.25) is 0 Å². The summed E-state index contributed by atoms with van der Waals surface area (Å²) >= 11 is 0. The van der Waals surface area contributed by atoms with Crippen molar-refractivity contribution < 1.29 is 4.39 Å². The van der Waals surface area contributed by atoms with Crippen molar-refractivity contribution in [2.75, 3.05) is 6.54 Å². The third kappa shape index (κ3) is 1.46. The Labute approximate surface area is 77.8 Å². The van der Waals surface area contributed by atoms with E-state index in [1.54, 1.807) is 6.07 Å². The molecule has 0 bridgehead atoms. The molecule has 0 aliphatic heterocycles. The molecule has 0 saturated carbocycles. The van der Waals surface area contributed by atoms with Crippen LogP contribution in [-0.2, 0) is 6.42 Å². The molecule has 0 radical (unpaired) electrons. The largest absolute Gasteiger partial charge is 0.330 e. The molecule has 2 rings (SSSR count). The summed E-state index contributed by atoms with van der Waals surface area (Å²) in [7, 11) is 0. The first kappa shape index (κ1) is 8.70. The van der Waals surface area contributed by atoms with Gasteiger partial charge in [0.05, 0.1) is 0 Å². The molecule has 13 heavy (non-hydrogen) atoms. The molecule has 2 N–H and O–H groups in total. The summed E-state index contributed by atoms with van der Waals surface area (Å²) in [5.74, 6) is 0.164. The highest BCUT2D eigenvalue weighted by atomic mass is 19.1. The van der Waals surface area contributed by atoms with Gasteiger partial charge in [0, 0.05) is 0 Å². The van der Waals surface area contributed by atoms with E-state index in [1.807, 2.05) is 6.07 Å². The van der Waals surface area contributed by atoms with E-state index in [4.69, 9.17) is 5.73 Å². The predicted molar refractivity (Wildman–Crippen MR) is 51.1 cm³/mol. The van der Waals surface area contributed by atoms with E-state index in [2.05, 4.69) is 0 Å². The number of fused-ring (bicyclic) bond motifs is 1. The first-order valence-corrected chi connectivity index (χ1v) is 4.80. The first-order valence-electron chi connectivity index (χ1n) is 4.80. The number of aryl methyl sites for hydroxylation is 1. The minimum absolute atomic E-state index is 0.0762. The van der Waals surface area contributed by atoms with Crippen LogP contribution in [0.25, 0.3) is 0 Å². The molecule has 1 aromatic rings. The maximum Gasteiger partial charge on any atom is 0.127 e. The minimum Gasteiger partial charge on any atom is -0.330 e. The molecule has 2 heteroatoms. The summed E-state index contributed by atoms with van der Waals surface area (Å²) < 4.78 is 13.5. The zero-order valence-electron chi connectivity index (χ0n) is 7.59. The molecule has 1 aliphatic carbocycles. The number of nitrogens with two attached hydrogens (primary N) is 1. The molecule has 1 nitrogen and oxygen atoms in total. The molecular formula is C11H14FN. The Bertz CT molecular complexity index is 309. The zero-order chi connectivity index (χ0) is 9.26. The highest BCUT2D eigenvalue weighted by Crippen LogP contribution is 2.32. The van der Waals surface area contributed by atoms with E-state index in [-0.39, 0.29) is 11.7 Å². The van der Waals surface area contributed by atoms with Crippen LogP contribution in [0.3, 0.4) is 0 Å². The van der Waals surface area contributed by atoms with Crippen molar-refractivity contribution in [3.63, 3.8) is 0 Å². The zero-order valence-corrected chi connectivity index (χ0v) is 7.59. The molecule has 0 spiro atoms. The third-order valence-corrected chi connectivity index (χ3v) is 2.83. The SMILES string of the molecule is NCC1CCCc2cccc(F)c21. The van der Waals surface area contributed by atoms with E-state index in [1.165, 1.54) is 6.07 Å². The standard InChI is InChI=1S/C11H14FN/c12-10-6-2-4-8-3-1-5-9(7-13)11(8)10/h2,4,6,9H,1,3,5,7,13H2. The predicted octanol–water partition coefficient (Wildman–Crippen LogP) is 2.20. The fourth-order valence-electron chi connectivity index (χ4n) is 2.18. The van der Waals surface area contributed by atoms with Crippen LogP contribution in [0, 0.1) is 5.82 Å². The highest BCUT2D eigenvalue weighted by Gasteiger charge is 2.21. The van der Waals surface area contributed by atoms with E-state index in [0.717, 1.165) is 30.4 Å². The number of hydrogen-bond donors (Lipinski definition) is 1. The van der Waals surface area contributed by atoms with Gasteiger partial charge in [-0.1, -0.05) is 12.1 Å². The Balaban J connectivity index is 2.47. The molecule has 1 aliphatic rings. The van der Waals surface area contributed by atoms with Gasteiger partial charge in [-0.2, -0.15) is 0 Å². The normalized spacial score (nSPS) is 21.2. The lowest BCUT2D eigenvalue weighted by molar-refractivity contribution is 0.513. The Morgan fingerprint density at radius 2 is 2.31 bits per heavy atom. The minimum atomic E-state index is -0.0762. The van der Waals surface area contributed by atoms with Gasteiger partial charge in [-0.15, -0.1) is 0 Å². The lowest BCUT2D eigenvalue weighted by Crippen LogP contribution is -2.19. The van der Waals surface area contributed by atoms with Crippen molar-refractivity contribution in [1.82, 2.24) is 0 Å². The summed E-state index contributed by atoms with van der Waals surface area (Å²) in [4.78, 5) is 0. The van der Waals surface area contributed by atoms with Gasteiger partial charge in [0.1, 0.15) is 5.82 Å². The van der Waals surface area contributed by atoms with E-state index >= 15 is 0 Å². The highest BCUT2D eigenvalue weighted by molar-refractivity contribution is 5.34. The van der Waals surface area contributed by atoms with Crippen LogP contribution in [-0.4, -0.2) is 6.54 Å². The van der Waals surface area contributed by atoms with E-state index in [9.17, 15) is 4.39 Å². The Morgan fingerprint density at radius 3 is 3.08 bits per heavy atom. The van der Waals surface area contributed by atoms with Crippen molar-refractivity contribution >= 4 is 0 Å². The number of benzene rings is 1. The average molecular weight is 179 g/mol. The van der Waals surface area contributed by atoms with Gasteiger partial charge in [0.25, 0.3) is 0 Å². The second-order valence-corrected chi connectivity index (χ2v) is 3.64. The molecule has 70 valence electrons. The maximum absolute atomic E-state index is 13.5. The van der Waals surface area contributed by atoms with Crippen molar-refractivity contribution in [3.8, 4) is 0 Å². The van der Waals surface area contributed by atoms with Crippen LogP contribution in [0.5, 0.6) is 0 Å². The summed E-state index contributed by atoms with van der Waals surface area (Å²) in [6.07, 6.45) is 3.17. The molecule has 0 aromatic heterocycles. The lowest BCUT2D eigenvalue weighted by Gasteiger charge is -2.24. The molecular weight excluding hydrogens is 165 g/mol. The summed E-state index contributed by atoms with van der Waals surface area (Å²) in [6, 6.07) is 5.33. The Kier molecular flexibility index (Phi) is 2.32. The molecule has 0 heterocycles. The average Bonchev–Trinajstić information content (AvgIpc) is 2.17. The van der Waals surface area contributed by atoms with Gasteiger partial charge >= 0.3 is 0 Å². The smallest absolute Gasteiger partial charge is 0.127 e. The van der Waals surface area contributed by atoms with Gasteiger partial charge in [0.2, 0.25) is 0 Å². The fourth-order valence-corrected chi connectivity index (χ4v) is 2.18. The van der Waals surface area contributed by atoms with Gasteiger partial charge < -0.3 is 5.73 Å². The van der Waals surface area contributed by atoms with Crippen LogP contribution in [0.2, 0.25) is 0 Å². The van der Waals surface area contributed by atoms with Crippen molar-refractivity contribution in [3.05, 3.63) is 35.1 Å². The van der Waals surface area contributed by atoms with Gasteiger partial charge in [-0.05, 0) is 48.9 Å². The second kappa shape index (κ2) is 3.46. The Morgan fingerprint density at radius 1 is 1.46 bits per heavy atom. The van der Waals surface area contributed by atoms with Crippen molar-refractivity contribution in [2.45, 2.75) is 25.2 Å². The second-order valence-electron chi connectivity index (χ2n) is 3.64. The van der Waals surface area contributed by atoms with Gasteiger partial charge in [0.15, 0.2) is 0 Å². The topological polar surface area (TPSA) is 26.0 Å². The lowest BCUT2D eigenvalue weighted by atomic mass is 9.82. The number of hydrogen-bond acceptors (Lipinski definition) is 1. The number of rotatable bonds is 1. The van der Waals surface area contributed by atoms with Crippen LogP contribution in [0.15, 0.2) is 18.2 Å². The van der Waals surface area contributed by atoms with Crippen molar-refractivity contribution in [1.29, 1.82) is 0 Å². The molecule has 0 amide bonds. The molecule has 1 atom stereocenters. The quantitative estimate of drug-likeness (QED) is 0.702.